The molecule has 0 amide bonds. The van der Waals surface area contributed by atoms with Gasteiger partial charge >= 0.3 is 6.01 Å². The lowest BCUT2D eigenvalue weighted by Gasteiger charge is -2.17. The summed E-state index contributed by atoms with van der Waals surface area (Å²) in [4.78, 5) is 3.20. The number of aromatic nitrogens is 4. The molecule has 1 atom stereocenters. The molecular formula is C21H22ClN5O3S. The highest BCUT2D eigenvalue weighted by atomic mass is 35.5. The Morgan fingerprint density at radius 1 is 1.23 bits per heavy atom. The lowest BCUT2D eigenvalue weighted by atomic mass is 10.2. The molecule has 0 aliphatic carbocycles. The van der Waals surface area contributed by atoms with Crippen molar-refractivity contribution >= 4 is 32.5 Å². The summed E-state index contributed by atoms with van der Waals surface area (Å²) in [6, 6.07) is 12.2. The lowest BCUT2D eigenvalue weighted by molar-refractivity contribution is 0.408. The molecule has 0 aliphatic heterocycles. The molecule has 0 unspecified atom stereocenters. The van der Waals surface area contributed by atoms with Crippen LogP contribution in [0.4, 0.5) is 0 Å². The topological polar surface area (TPSA) is 102 Å². The van der Waals surface area contributed by atoms with Gasteiger partial charge in [0, 0.05) is 24.3 Å². The highest BCUT2D eigenvalue weighted by molar-refractivity contribution is 7.89. The Balaban J connectivity index is 1.60. The molecule has 0 saturated carbocycles. The molecule has 10 heteroatoms. The summed E-state index contributed by atoms with van der Waals surface area (Å²) < 4.78 is 36.2. The highest BCUT2D eigenvalue weighted by Gasteiger charge is 2.26. The first kappa shape index (κ1) is 21.4. The van der Waals surface area contributed by atoms with E-state index in [-0.39, 0.29) is 15.9 Å². The van der Waals surface area contributed by atoms with Gasteiger partial charge in [-0.2, -0.15) is 0 Å². The molecule has 4 aromatic rings. The standard InChI is InChI=1S/C21H22ClN5O3S/c1-4-27-20(14(3)26-31(28,29)19-13(2)6-5-7-17(19)22)24-25-21(27)30-16-9-8-15-10-11-23-18(15)12-16/h5-12,14,23,26H,4H2,1-3H3/t14-/m1/s1. The Bertz CT molecular complexity index is 1330. The number of sulfonamides is 1. The number of nitrogens with zero attached hydrogens (tertiary/aromatic N) is 3. The van der Waals surface area contributed by atoms with Crippen molar-refractivity contribution < 1.29 is 13.2 Å². The SMILES string of the molecule is CCn1c(Oc2ccc3cc[nH]c3c2)nnc1[C@@H](C)NS(=O)(=O)c1c(C)cccc1Cl. The van der Waals surface area contributed by atoms with E-state index < -0.39 is 16.1 Å². The molecule has 31 heavy (non-hydrogen) atoms. The third-order valence-corrected chi connectivity index (χ3v) is 7.12. The predicted molar refractivity (Wildman–Crippen MR) is 119 cm³/mol. The van der Waals surface area contributed by atoms with Crippen molar-refractivity contribution in [1.82, 2.24) is 24.5 Å². The number of ether oxygens (including phenoxy) is 1. The molecular weight excluding hydrogens is 438 g/mol. The fourth-order valence-electron chi connectivity index (χ4n) is 3.49. The van der Waals surface area contributed by atoms with E-state index in [1.54, 1.807) is 36.6 Å². The molecule has 162 valence electrons. The van der Waals surface area contributed by atoms with Crippen molar-refractivity contribution in [3.05, 3.63) is 65.1 Å². The number of hydrogen-bond acceptors (Lipinski definition) is 5. The Morgan fingerprint density at radius 2 is 2.03 bits per heavy atom. The normalized spacial score (nSPS) is 12.9. The van der Waals surface area contributed by atoms with Crippen molar-refractivity contribution in [2.24, 2.45) is 0 Å². The second-order valence-corrected chi connectivity index (χ2v) is 9.20. The van der Waals surface area contributed by atoms with Gasteiger partial charge in [-0.05, 0) is 56.0 Å². The number of halogens is 1. The van der Waals surface area contributed by atoms with E-state index in [0.717, 1.165) is 10.9 Å². The molecule has 0 aliphatic rings. The Hall–Kier alpha value is -2.88. The van der Waals surface area contributed by atoms with Crippen LogP contribution in [0.2, 0.25) is 5.02 Å². The summed E-state index contributed by atoms with van der Waals surface area (Å²) >= 11 is 6.15. The van der Waals surface area contributed by atoms with Crippen LogP contribution in [-0.2, 0) is 16.6 Å². The van der Waals surface area contributed by atoms with Crippen molar-refractivity contribution in [2.45, 2.75) is 38.3 Å². The molecule has 2 aromatic heterocycles. The molecule has 0 spiro atoms. The van der Waals surface area contributed by atoms with Gasteiger partial charge in [0.1, 0.15) is 10.6 Å². The Morgan fingerprint density at radius 3 is 2.77 bits per heavy atom. The number of hydrogen-bond donors (Lipinski definition) is 2. The number of nitrogens with one attached hydrogen (secondary N) is 2. The van der Waals surface area contributed by atoms with Crippen LogP contribution < -0.4 is 9.46 Å². The summed E-state index contributed by atoms with van der Waals surface area (Å²) in [5, 5.41) is 9.55. The number of aromatic amines is 1. The highest BCUT2D eigenvalue weighted by Crippen LogP contribution is 2.28. The van der Waals surface area contributed by atoms with Crippen molar-refractivity contribution in [2.75, 3.05) is 0 Å². The first-order valence-electron chi connectivity index (χ1n) is 9.75. The summed E-state index contributed by atoms with van der Waals surface area (Å²) in [6.07, 6.45) is 1.86. The molecule has 0 radical (unpaired) electrons. The van der Waals surface area contributed by atoms with E-state index in [0.29, 0.717) is 23.7 Å². The van der Waals surface area contributed by atoms with Crippen LogP contribution in [-0.4, -0.2) is 28.2 Å². The van der Waals surface area contributed by atoms with E-state index in [2.05, 4.69) is 19.9 Å². The number of aryl methyl sites for hydroxylation is 1. The van der Waals surface area contributed by atoms with E-state index in [4.69, 9.17) is 16.3 Å². The van der Waals surface area contributed by atoms with Gasteiger partial charge in [0.15, 0.2) is 5.82 Å². The van der Waals surface area contributed by atoms with Gasteiger partial charge in [-0.25, -0.2) is 13.1 Å². The van der Waals surface area contributed by atoms with Gasteiger partial charge < -0.3 is 9.72 Å². The molecule has 4 rings (SSSR count). The summed E-state index contributed by atoms with van der Waals surface area (Å²) in [5.41, 5.74) is 1.50. The second kappa shape index (κ2) is 8.33. The maximum Gasteiger partial charge on any atom is 0.322 e. The molecule has 0 saturated heterocycles. The lowest BCUT2D eigenvalue weighted by Crippen LogP contribution is -2.29. The number of H-pyrrole nitrogens is 1. The average Bonchev–Trinajstić information content (AvgIpc) is 3.33. The molecule has 8 nitrogen and oxygen atoms in total. The van der Waals surface area contributed by atoms with Gasteiger partial charge in [-0.15, -0.1) is 5.10 Å². The van der Waals surface area contributed by atoms with Gasteiger partial charge in [-0.1, -0.05) is 28.8 Å². The van der Waals surface area contributed by atoms with Crippen LogP contribution in [0.3, 0.4) is 0 Å². The third-order valence-electron chi connectivity index (χ3n) is 4.95. The Labute approximate surface area is 185 Å². The van der Waals surface area contributed by atoms with Gasteiger partial charge in [-0.3, -0.25) is 4.57 Å². The molecule has 2 heterocycles. The molecule has 0 fully saturated rings. The first-order chi connectivity index (χ1) is 14.8. The smallest absolute Gasteiger partial charge is 0.322 e. The van der Waals surface area contributed by atoms with E-state index in [9.17, 15) is 8.42 Å². The molecule has 2 aromatic carbocycles. The van der Waals surface area contributed by atoms with Gasteiger partial charge in [0.25, 0.3) is 0 Å². The quantitative estimate of drug-likeness (QED) is 0.421. The predicted octanol–water partition coefficient (Wildman–Crippen LogP) is 4.57. The first-order valence-corrected chi connectivity index (χ1v) is 11.6. The largest absolute Gasteiger partial charge is 0.424 e. The zero-order valence-electron chi connectivity index (χ0n) is 17.3. The number of rotatable bonds is 7. The zero-order valence-corrected chi connectivity index (χ0v) is 18.8. The average molecular weight is 460 g/mol. The summed E-state index contributed by atoms with van der Waals surface area (Å²) in [7, 11) is -3.87. The second-order valence-electron chi connectivity index (χ2n) is 7.14. The van der Waals surface area contributed by atoms with Crippen LogP contribution in [0.5, 0.6) is 11.8 Å². The minimum atomic E-state index is -3.87. The van der Waals surface area contributed by atoms with Crippen LogP contribution >= 0.6 is 11.6 Å². The summed E-state index contributed by atoms with van der Waals surface area (Å²) in [5.74, 6) is 1.04. The van der Waals surface area contributed by atoms with E-state index in [1.165, 1.54) is 0 Å². The van der Waals surface area contributed by atoms with Crippen molar-refractivity contribution in [1.29, 1.82) is 0 Å². The van der Waals surface area contributed by atoms with Crippen molar-refractivity contribution in [3.8, 4) is 11.8 Å². The number of fused-ring (bicyclic) bond motifs is 1. The van der Waals surface area contributed by atoms with Crippen LogP contribution in [0.1, 0.15) is 31.3 Å². The van der Waals surface area contributed by atoms with E-state index >= 15 is 0 Å². The van der Waals surface area contributed by atoms with Gasteiger partial charge in [0.2, 0.25) is 10.0 Å². The maximum atomic E-state index is 13.0. The minimum Gasteiger partial charge on any atom is -0.424 e. The zero-order chi connectivity index (χ0) is 22.2. The number of benzene rings is 2. The van der Waals surface area contributed by atoms with Crippen molar-refractivity contribution in [3.63, 3.8) is 0 Å². The molecule has 2 N–H and O–H groups in total. The summed E-state index contributed by atoms with van der Waals surface area (Å²) in [6.45, 7) is 5.81. The van der Waals surface area contributed by atoms with Gasteiger partial charge in [0.05, 0.1) is 11.1 Å². The molecule has 0 bridgehead atoms. The van der Waals surface area contributed by atoms with Crippen LogP contribution in [0.15, 0.2) is 53.6 Å². The fraction of sp³-hybridized carbons (Fsp3) is 0.238. The van der Waals surface area contributed by atoms with E-state index in [1.807, 2.05) is 37.4 Å². The van der Waals surface area contributed by atoms with Crippen LogP contribution in [0, 0.1) is 6.92 Å². The van der Waals surface area contributed by atoms with Crippen LogP contribution in [0.25, 0.3) is 10.9 Å². The maximum absolute atomic E-state index is 13.0. The monoisotopic (exact) mass is 459 g/mol. The minimum absolute atomic E-state index is 0.0572. The third kappa shape index (κ3) is 4.16. The Kier molecular flexibility index (Phi) is 5.74. The fourth-order valence-corrected chi connectivity index (χ4v) is 5.52.